The van der Waals surface area contributed by atoms with Gasteiger partial charge in [-0.3, -0.25) is 4.57 Å². The topological polar surface area (TPSA) is 106 Å². The molecule has 5 rings (SSSR count). The van der Waals surface area contributed by atoms with E-state index < -0.39 is 0 Å². The highest BCUT2D eigenvalue weighted by Crippen LogP contribution is 2.35. The zero-order valence-electron chi connectivity index (χ0n) is 15.0. The first-order chi connectivity index (χ1) is 13.6. The third-order valence-electron chi connectivity index (χ3n) is 5.41. The first kappa shape index (κ1) is 16.8. The van der Waals surface area contributed by atoms with Gasteiger partial charge in [0.25, 0.3) is 0 Å². The summed E-state index contributed by atoms with van der Waals surface area (Å²) in [6.07, 6.45) is 5.03. The van der Waals surface area contributed by atoms with Crippen LogP contribution >= 0.6 is 11.6 Å². The molecular weight excluding hydrogens is 378 g/mol. The number of nitrogens with one attached hydrogen (secondary N) is 2. The van der Waals surface area contributed by atoms with Crippen molar-refractivity contribution in [1.29, 1.82) is 5.26 Å². The van der Waals surface area contributed by atoms with E-state index in [-0.39, 0.29) is 17.6 Å². The average molecular weight is 394 g/mol. The summed E-state index contributed by atoms with van der Waals surface area (Å²) in [7, 11) is 0. The molecule has 0 spiro atoms. The maximum absolute atomic E-state index is 12.8. The maximum atomic E-state index is 12.8. The average Bonchev–Trinajstić information content (AvgIpc) is 3.37. The Bertz CT molecular complexity index is 1310. The lowest BCUT2D eigenvalue weighted by Gasteiger charge is -2.19. The van der Waals surface area contributed by atoms with E-state index in [1.54, 1.807) is 12.3 Å². The summed E-state index contributed by atoms with van der Waals surface area (Å²) in [5.74, 6) is 0.837. The lowest BCUT2D eigenvalue weighted by molar-refractivity contribution is 0.438. The van der Waals surface area contributed by atoms with Crippen molar-refractivity contribution in [2.24, 2.45) is 5.92 Å². The van der Waals surface area contributed by atoms with Gasteiger partial charge in [0.2, 0.25) is 0 Å². The van der Waals surface area contributed by atoms with E-state index in [0.717, 1.165) is 22.1 Å². The van der Waals surface area contributed by atoms with Crippen LogP contribution in [0.2, 0.25) is 5.02 Å². The largest absolute Gasteiger partial charge is 0.353 e. The molecule has 1 aliphatic rings. The van der Waals surface area contributed by atoms with E-state index in [2.05, 4.69) is 31.8 Å². The minimum absolute atomic E-state index is 0.0461. The quantitative estimate of drug-likeness (QED) is 0.544. The Morgan fingerprint density at radius 1 is 1.32 bits per heavy atom. The molecule has 0 aliphatic carbocycles. The lowest BCUT2D eigenvalue weighted by atomic mass is 10.1. The first-order valence-electron chi connectivity index (χ1n) is 8.93. The van der Waals surface area contributed by atoms with E-state index in [9.17, 15) is 4.79 Å². The summed E-state index contributed by atoms with van der Waals surface area (Å²) in [6.45, 7) is 3.42. The molecule has 2 atom stereocenters. The summed E-state index contributed by atoms with van der Waals surface area (Å²) in [5.41, 5.74) is 2.60. The molecule has 0 bridgehead atoms. The number of hydrogen-bond acceptors (Lipinski definition) is 5. The Morgan fingerprint density at radius 2 is 2.18 bits per heavy atom. The van der Waals surface area contributed by atoms with Crippen LogP contribution in [0.3, 0.4) is 0 Å². The highest BCUT2D eigenvalue weighted by Gasteiger charge is 2.35. The molecule has 1 saturated heterocycles. The number of aromatic amines is 2. The molecule has 8 nitrogen and oxygen atoms in total. The van der Waals surface area contributed by atoms with Crippen molar-refractivity contribution in [3.63, 3.8) is 0 Å². The summed E-state index contributed by atoms with van der Waals surface area (Å²) >= 11 is 6.36. The highest BCUT2D eigenvalue weighted by molar-refractivity contribution is 6.33. The summed E-state index contributed by atoms with van der Waals surface area (Å²) < 4.78 is 1.83. The molecule has 0 saturated carbocycles. The lowest BCUT2D eigenvalue weighted by Crippen LogP contribution is -2.27. The van der Waals surface area contributed by atoms with E-state index >= 15 is 0 Å². The van der Waals surface area contributed by atoms with Gasteiger partial charge in [-0.25, -0.2) is 14.8 Å². The fraction of sp³-hybridized carbons (Fsp3) is 0.263. The van der Waals surface area contributed by atoms with Gasteiger partial charge in [0.1, 0.15) is 17.5 Å². The van der Waals surface area contributed by atoms with Gasteiger partial charge in [-0.05, 0) is 18.1 Å². The van der Waals surface area contributed by atoms with E-state index in [1.165, 1.54) is 6.20 Å². The van der Waals surface area contributed by atoms with Crippen LogP contribution in [0, 0.1) is 17.2 Å². The van der Waals surface area contributed by atoms with Crippen LogP contribution in [0.15, 0.2) is 35.5 Å². The molecule has 0 radical (unpaired) electrons. The van der Waals surface area contributed by atoms with Gasteiger partial charge in [0.15, 0.2) is 0 Å². The number of anilines is 1. The maximum Gasteiger partial charge on any atom is 0.326 e. The Balaban J connectivity index is 1.60. The fourth-order valence-corrected chi connectivity index (χ4v) is 4.41. The van der Waals surface area contributed by atoms with Crippen LogP contribution in [0.1, 0.15) is 18.5 Å². The molecule has 4 aromatic rings. The number of halogens is 1. The first-order valence-corrected chi connectivity index (χ1v) is 9.31. The zero-order valence-corrected chi connectivity index (χ0v) is 15.7. The summed E-state index contributed by atoms with van der Waals surface area (Å²) in [6, 6.07) is 5.55. The number of nitriles is 1. The van der Waals surface area contributed by atoms with Gasteiger partial charge < -0.3 is 14.9 Å². The third-order valence-corrected chi connectivity index (χ3v) is 5.69. The number of fused-ring (bicyclic) bond motifs is 3. The van der Waals surface area contributed by atoms with Crippen LogP contribution < -0.4 is 10.6 Å². The SMILES string of the molecule is C[C@@H]1CN(c2ncc(C#N)cc2Cl)C[C@H]1n1c(=O)[nH]c2cnc3[nH]ccc3c21. The van der Waals surface area contributed by atoms with E-state index in [0.29, 0.717) is 29.5 Å². The fourth-order valence-electron chi connectivity index (χ4n) is 4.12. The van der Waals surface area contributed by atoms with E-state index in [4.69, 9.17) is 16.9 Å². The Labute approximate surface area is 164 Å². The van der Waals surface area contributed by atoms with Crippen molar-refractivity contribution in [2.75, 3.05) is 18.0 Å². The van der Waals surface area contributed by atoms with Crippen molar-refractivity contribution in [1.82, 2.24) is 24.5 Å². The number of rotatable bonds is 2. The van der Waals surface area contributed by atoms with Crippen molar-refractivity contribution in [2.45, 2.75) is 13.0 Å². The van der Waals surface area contributed by atoms with Gasteiger partial charge in [0, 0.05) is 30.9 Å². The predicted molar refractivity (Wildman–Crippen MR) is 107 cm³/mol. The molecule has 1 fully saturated rings. The second kappa shape index (κ2) is 6.11. The second-order valence-corrected chi connectivity index (χ2v) is 7.56. The van der Waals surface area contributed by atoms with Gasteiger partial charge in [0.05, 0.1) is 33.9 Å². The van der Waals surface area contributed by atoms with Crippen molar-refractivity contribution < 1.29 is 0 Å². The van der Waals surface area contributed by atoms with Crippen LogP contribution in [0.25, 0.3) is 22.1 Å². The summed E-state index contributed by atoms with van der Waals surface area (Å²) in [4.78, 5) is 29.6. The molecule has 0 unspecified atom stereocenters. The second-order valence-electron chi connectivity index (χ2n) is 7.15. The van der Waals surface area contributed by atoms with Crippen molar-refractivity contribution in [3.05, 3.63) is 51.8 Å². The van der Waals surface area contributed by atoms with Crippen LogP contribution in [-0.2, 0) is 0 Å². The van der Waals surface area contributed by atoms with Crippen molar-refractivity contribution in [3.8, 4) is 6.07 Å². The number of nitrogens with zero attached hydrogens (tertiary/aromatic N) is 5. The molecule has 0 aromatic carbocycles. The Morgan fingerprint density at radius 3 is 2.96 bits per heavy atom. The normalized spacial score (nSPS) is 19.5. The third kappa shape index (κ3) is 2.40. The standard InChI is InChI=1S/C19H16ClN7O/c1-10-8-26(18-13(20)4-11(5-21)6-24-18)9-15(10)27-16-12-2-3-22-17(12)23-7-14(16)25-19(27)28/h2-4,6-7,10,15H,8-9H2,1H3,(H,22,23)(H,25,28)/t10-,15-/m1/s1. The van der Waals surface area contributed by atoms with Gasteiger partial charge in [-0.15, -0.1) is 0 Å². The van der Waals surface area contributed by atoms with Crippen LogP contribution in [0.5, 0.6) is 0 Å². The monoisotopic (exact) mass is 393 g/mol. The number of pyridine rings is 2. The molecule has 9 heteroatoms. The summed E-state index contributed by atoms with van der Waals surface area (Å²) in [5, 5.41) is 10.4. The number of imidazole rings is 1. The van der Waals surface area contributed by atoms with Crippen molar-refractivity contribution >= 4 is 39.5 Å². The van der Waals surface area contributed by atoms with Crippen LogP contribution in [-0.4, -0.2) is 37.6 Å². The molecule has 4 aromatic heterocycles. The molecule has 28 heavy (non-hydrogen) atoms. The number of aromatic nitrogens is 5. The smallest absolute Gasteiger partial charge is 0.326 e. The Hall–Kier alpha value is -3.31. The van der Waals surface area contributed by atoms with Gasteiger partial charge in [-0.1, -0.05) is 18.5 Å². The molecule has 2 N–H and O–H groups in total. The Kier molecular flexibility index (Phi) is 3.67. The predicted octanol–water partition coefficient (Wildman–Crippen LogP) is 2.82. The minimum atomic E-state index is -0.150. The molecule has 140 valence electrons. The number of hydrogen-bond donors (Lipinski definition) is 2. The highest BCUT2D eigenvalue weighted by atomic mass is 35.5. The zero-order chi connectivity index (χ0) is 19.4. The van der Waals surface area contributed by atoms with E-state index in [1.807, 2.05) is 22.9 Å². The molecular formula is C19H16ClN7O. The molecule has 1 aliphatic heterocycles. The molecule has 0 amide bonds. The van der Waals surface area contributed by atoms with Gasteiger partial charge in [-0.2, -0.15) is 5.26 Å². The van der Waals surface area contributed by atoms with Crippen LogP contribution in [0.4, 0.5) is 5.82 Å². The number of H-pyrrole nitrogens is 2. The van der Waals surface area contributed by atoms with Gasteiger partial charge >= 0.3 is 5.69 Å². The minimum Gasteiger partial charge on any atom is -0.353 e. The molecule has 5 heterocycles.